The first-order chi connectivity index (χ1) is 14.4. The van der Waals surface area contributed by atoms with E-state index < -0.39 is 5.41 Å². The molecule has 1 aliphatic heterocycles. The minimum absolute atomic E-state index is 0.132. The minimum Gasteiger partial charge on any atom is -0.483 e. The number of anilines is 1. The summed E-state index contributed by atoms with van der Waals surface area (Å²) in [5.74, 6) is 0.671. The normalized spacial score (nSPS) is 18.6. The van der Waals surface area contributed by atoms with Gasteiger partial charge in [0.05, 0.1) is 26.0 Å². The van der Waals surface area contributed by atoms with Crippen molar-refractivity contribution in [2.45, 2.75) is 43.6 Å². The van der Waals surface area contributed by atoms with Crippen LogP contribution in [0.3, 0.4) is 0 Å². The van der Waals surface area contributed by atoms with Gasteiger partial charge in [0, 0.05) is 13.2 Å². The van der Waals surface area contributed by atoms with Crippen molar-refractivity contribution >= 4 is 23.2 Å². The van der Waals surface area contributed by atoms with Gasteiger partial charge >= 0.3 is 0 Å². The second kappa shape index (κ2) is 8.17. The molecule has 1 aliphatic carbocycles. The summed E-state index contributed by atoms with van der Waals surface area (Å²) >= 11 is 6.10. The van der Waals surface area contributed by atoms with E-state index in [1.165, 1.54) is 0 Å². The van der Waals surface area contributed by atoms with E-state index in [9.17, 15) is 4.79 Å². The van der Waals surface area contributed by atoms with E-state index >= 15 is 0 Å². The van der Waals surface area contributed by atoms with Gasteiger partial charge in [0.25, 0.3) is 0 Å². The highest BCUT2D eigenvalue weighted by atomic mass is 35.5. The number of ether oxygens (including phenoxy) is 3. The summed E-state index contributed by atoms with van der Waals surface area (Å²) in [5, 5.41) is 3.34. The molecule has 0 bridgehead atoms. The van der Waals surface area contributed by atoms with Gasteiger partial charge in [-0.1, -0.05) is 49.7 Å². The number of halogens is 1. The minimum atomic E-state index is -0.735. The molecule has 30 heavy (non-hydrogen) atoms. The molecule has 2 aliphatic rings. The van der Waals surface area contributed by atoms with Gasteiger partial charge in [-0.15, -0.1) is 0 Å². The number of carbonyl (C=O) groups is 1. The van der Waals surface area contributed by atoms with Crippen molar-refractivity contribution in [3.05, 3.63) is 52.8 Å². The lowest BCUT2D eigenvalue weighted by Crippen LogP contribution is -2.56. The van der Waals surface area contributed by atoms with Gasteiger partial charge < -0.3 is 19.5 Å². The van der Waals surface area contributed by atoms with Gasteiger partial charge in [0.1, 0.15) is 27.6 Å². The number of hydrogen-bond acceptors (Lipinski definition) is 5. The van der Waals surface area contributed by atoms with Crippen LogP contribution in [-0.2, 0) is 19.7 Å². The Labute approximate surface area is 181 Å². The van der Waals surface area contributed by atoms with Gasteiger partial charge in [-0.05, 0) is 29.9 Å². The van der Waals surface area contributed by atoms with Crippen molar-refractivity contribution in [1.82, 2.24) is 4.98 Å². The van der Waals surface area contributed by atoms with Gasteiger partial charge in [0.15, 0.2) is 0 Å². The second-order valence-electron chi connectivity index (χ2n) is 8.49. The average Bonchev–Trinajstić information content (AvgIpc) is 3.43. The van der Waals surface area contributed by atoms with Crippen molar-refractivity contribution in [2.75, 3.05) is 32.2 Å². The maximum atomic E-state index is 13.5. The lowest BCUT2D eigenvalue weighted by molar-refractivity contribution is -0.139. The number of nitrogens with one attached hydrogen (secondary N) is 1. The Balaban J connectivity index is 1.62. The molecular weight excluding hydrogens is 404 g/mol. The van der Waals surface area contributed by atoms with Crippen molar-refractivity contribution in [3.8, 4) is 5.75 Å². The van der Waals surface area contributed by atoms with E-state index in [0.29, 0.717) is 42.3 Å². The highest BCUT2D eigenvalue weighted by Crippen LogP contribution is 2.44. The van der Waals surface area contributed by atoms with Crippen molar-refractivity contribution in [3.63, 3.8) is 0 Å². The Morgan fingerprint density at radius 2 is 2.03 bits per heavy atom. The Morgan fingerprint density at radius 1 is 1.30 bits per heavy atom. The number of aromatic nitrogens is 1. The molecular formula is C23H27ClN2O4. The Morgan fingerprint density at radius 3 is 2.63 bits per heavy atom. The number of rotatable bonds is 8. The topological polar surface area (TPSA) is 69.7 Å². The molecule has 1 saturated heterocycles. The van der Waals surface area contributed by atoms with Crippen LogP contribution in [0.5, 0.6) is 5.75 Å². The van der Waals surface area contributed by atoms with E-state index in [1.807, 2.05) is 18.2 Å². The molecule has 2 aromatic rings. The first-order valence-electron chi connectivity index (χ1n) is 10.2. The smallest absolute Gasteiger partial charge is 0.239 e. The van der Waals surface area contributed by atoms with Crippen LogP contribution in [0.25, 0.3) is 0 Å². The van der Waals surface area contributed by atoms with Gasteiger partial charge in [-0.2, -0.15) is 0 Å². The largest absolute Gasteiger partial charge is 0.483 e. The molecule has 0 unspecified atom stereocenters. The third kappa shape index (κ3) is 3.92. The summed E-state index contributed by atoms with van der Waals surface area (Å²) in [5.41, 5.74) is 1.56. The number of nitrogens with zero attached hydrogens (tertiary/aromatic N) is 1. The standard InChI is InChI=1S/C23H27ClN2O4/c1-15(2)16-6-4-5-7-17(16)23(13-29-14-23)21(27)26-18-11-25-20(24)10-19(18)30-22(8-9-22)12-28-3/h4-7,10-11,15H,8-9,12-14H2,1-3H3,(H,26,27). The van der Waals surface area contributed by atoms with Crippen molar-refractivity contribution < 1.29 is 19.0 Å². The third-order valence-corrected chi connectivity index (χ3v) is 6.06. The zero-order chi connectivity index (χ0) is 21.4. The number of benzene rings is 1. The fourth-order valence-corrected chi connectivity index (χ4v) is 4.04. The molecule has 1 N–H and O–H groups in total. The van der Waals surface area contributed by atoms with E-state index in [0.717, 1.165) is 24.0 Å². The molecule has 1 aromatic heterocycles. The molecule has 2 heterocycles. The predicted molar refractivity (Wildman–Crippen MR) is 115 cm³/mol. The number of amides is 1. The number of methoxy groups -OCH3 is 1. The van der Waals surface area contributed by atoms with Crippen LogP contribution in [-0.4, -0.2) is 43.4 Å². The van der Waals surface area contributed by atoms with Crippen LogP contribution >= 0.6 is 11.6 Å². The molecule has 1 aromatic carbocycles. The quantitative estimate of drug-likeness (QED) is 0.631. The maximum absolute atomic E-state index is 13.5. The zero-order valence-electron chi connectivity index (χ0n) is 17.5. The molecule has 1 amide bonds. The first kappa shape index (κ1) is 21.1. The molecule has 4 rings (SSSR count). The van der Waals surface area contributed by atoms with Crippen LogP contribution in [0.2, 0.25) is 5.15 Å². The highest BCUT2D eigenvalue weighted by Gasteiger charge is 2.49. The molecule has 0 spiro atoms. The van der Waals surface area contributed by atoms with Crippen LogP contribution in [0.15, 0.2) is 36.5 Å². The second-order valence-corrected chi connectivity index (χ2v) is 8.88. The van der Waals surface area contributed by atoms with Crippen LogP contribution < -0.4 is 10.1 Å². The summed E-state index contributed by atoms with van der Waals surface area (Å²) < 4.78 is 17.0. The third-order valence-electron chi connectivity index (χ3n) is 5.85. The summed E-state index contributed by atoms with van der Waals surface area (Å²) in [6.07, 6.45) is 3.33. The first-order valence-corrected chi connectivity index (χ1v) is 10.6. The number of carbonyl (C=O) groups excluding carboxylic acids is 1. The van der Waals surface area contributed by atoms with E-state index in [4.69, 9.17) is 25.8 Å². The molecule has 0 radical (unpaired) electrons. The highest BCUT2D eigenvalue weighted by molar-refractivity contribution is 6.29. The summed E-state index contributed by atoms with van der Waals surface area (Å²) in [6.45, 7) is 5.43. The lowest BCUT2D eigenvalue weighted by atomic mass is 9.73. The van der Waals surface area contributed by atoms with E-state index in [2.05, 4.69) is 30.2 Å². The van der Waals surface area contributed by atoms with Gasteiger partial charge in [-0.3, -0.25) is 4.79 Å². The lowest BCUT2D eigenvalue weighted by Gasteiger charge is -2.41. The van der Waals surface area contributed by atoms with Crippen LogP contribution in [0.4, 0.5) is 5.69 Å². The monoisotopic (exact) mass is 430 g/mol. The van der Waals surface area contributed by atoms with Gasteiger partial charge in [0.2, 0.25) is 5.91 Å². The van der Waals surface area contributed by atoms with E-state index in [-0.39, 0.29) is 11.5 Å². The molecule has 160 valence electrons. The number of hydrogen-bond donors (Lipinski definition) is 1. The Hall–Kier alpha value is -2.15. The molecule has 6 nitrogen and oxygen atoms in total. The summed E-state index contributed by atoms with van der Waals surface area (Å²) in [4.78, 5) is 17.6. The fraction of sp³-hybridized carbons (Fsp3) is 0.478. The average molecular weight is 431 g/mol. The van der Waals surface area contributed by atoms with E-state index in [1.54, 1.807) is 19.4 Å². The predicted octanol–water partition coefficient (Wildman–Crippen LogP) is 4.32. The van der Waals surface area contributed by atoms with Gasteiger partial charge in [-0.25, -0.2) is 4.98 Å². The van der Waals surface area contributed by atoms with Crippen molar-refractivity contribution in [2.24, 2.45) is 0 Å². The van der Waals surface area contributed by atoms with Crippen molar-refractivity contribution in [1.29, 1.82) is 0 Å². The molecule has 2 fully saturated rings. The van der Waals surface area contributed by atoms with Crippen LogP contribution in [0.1, 0.15) is 43.7 Å². The molecule has 0 atom stereocenters. The Kier molecular flexibility index (Phi) is 5.75. The van der Waals surface area contributed by atoms with Crippen LogP contribution in [0, 0.1) is 0 Å². The zero-order valence-corrected chi connectivity index (χ0v) is 18.3. The fourth-order valence-electron chi connectivity index (χ4n) is 3.90. The maximum Gasteiger partial charge on any atom is 0.239 e. The molecule has 1 saturated carbocycles. The Bertz CT molecular complexity index is 939. The SMILES string of the molecule is COCC1(Oc2cc(Cl)ncc2NC(=O)C2(c3ccccc3C(C)C)COC2)CC1. The number of pyridine rings is 1. The summed E-state index contributed by atoms with van der Waals surface area (Å²) in [7, 11) is 1.65. The summed E-state index contributed by atoms with van der Waals surface area (Å²) in [6, 6.07) is 9.71. The molecule has 7 heteroatoms.